The molecule has 4 nitrogen and oxygen atoms in total. The third-order valence-corrected chi connectivity index (χ3v) is 8.10. The number of rotatable bonds is 5. The first-order chi connectivity index (χ1) is 16.6. The second-order valence-corrected chi connectivity index (χ2v) is 11.7. The molecule has 0 N–H and O–H groups in total. The number of benzene rings is 2. The Balaban J connectivity index is 1.59. The maximum absolute atomic E-state index is 13.6. The summed E-state index contributed by atoms with van der Waals surface area (Å²) in [6.45, 7) is 9.34. The largest absolute Gasteiger partial charge is 0.330 e. The van der Waals surface area contributed by atoms with Crippen LogP contribution < -0.4 is 0 Å². The summed E-state index contributed by atoms with van der Waals surface area (Å²) in [5.41, 5.74) is 3.69. The molecule has 184 valence electrons. The molecule has 0 fully saturated rings. The number of amides is 2. The van der Waals surface area contributed by atoms with Crippen molar-refractivity contribution in [3.63, 3.8) is 0 Å². The molecule has 35 heavy (non-hydrogen) atoms. The Labute approximate surface area is 221 Å². The van der Waals surface area contributed by atoms with Crippen LogP contribution >= 0.6 is 34.5 Å². The summed E-state index contributed by atoms with van der Waals surface area (Å²) >= 11 is 14.4. The lowest BCUT2D eigenvalue weighted by molar-refractivity contribution is -0.134. The maximum Gasteiger partial charge on any atom is 0.254 e. The number of likely N-dealkylation sites (N-methyl/N-ethyl adjacent to an activating group) is 1. The highest BCUT2D eigenvalue weighted by atomic mass is 35.5. The van der Waals surface area contributed by atoms with E-state index >= 15 is 0 Å². The summed E-state index contributed by atoms with van der Waals surface area (Å²) in [7, 11) is 0. The SMILES string of the molecule is CCN(CC(=O)N1CCc2sccc2C1c1ccc(Cl)cc1Cl)C(=O)c1ccc(C(C)(C)C)cc1. The fourth-order valence-corrected chi connectivity index (χ4v) is 5.94. The van der Waals surface area contributed by atoms with Crippen LogP contribution in [0.4, 0.5) is 0 Å². The van der Waals surface area contributed by atoms with Gasteiger partial charge in [0.1, 0.15) is 6.54 Å². The smallest absolute Gasteiger partial charge is 0.254 e. The Morgan fingerprint density at radius 1 is 1.06 bits per heavy atom. The van der Waals surface area contributed by atoms with Gasteiger partial charge in [0.2, 0.25) is 5.91 Å². The van der Waals surface area contributed by atoms with Crippen molar-refractivity contribution < 1.29 is 9.59 Å². The van der Waals surface area contributed by atoms with Crippen molar-refractivity contribution in [2.45, 2.75) is 45.6 Å². The second-order valence-electron chi connectivity index (χ2n) is 9.85. The molecule has 7 heteroatoms. The molecule has 2 aromatic carbocycles. The van der Waals surface area contributed by atoms with E-state index in [1.807, 2.05) is 42.2 Å². The van der Waals surface area contributed by atoms with Gasteiger partial charge < -0.3 is 9.80 Å². The van der Waals surface area contributed by atoms with E-state index in [2.05, 4.69) is 32.2 Å². The van der Waals surface area contributed by atoms with Gasteiger partial charge in [0.05, 0.1) is 6.04 Å². The molecular formula is C28H30Cl2N2O2S. The minimum atomic E-state index is -0.304. The number of hydrogen-bond acceptors (Lipinski definition) is 3. The normalized spacial score (nSPS) is 15.6. The van der Waals surface area contributed by atoms with Crippen molar-refractivity contribution in [2.24, 2.45) is 0 Å². The van der Waals surface area contributed by atoms with E-state index in [1.54, 1.807) is 28.4 Å². The monoisotopic (exact) mass is 528 g/mol. The Hall–Kier alpha value is -2.34. The lowest BCUT2D eigenvalue weighted by Gasteiger charge is -2.38. The van der Waals surface area contributed by atoms with Crippen LogP contribution in [0.5, 0.6) is 0 Å². The first kappa shape index (κ1) is 25.7. The zero-order chi connectivity index (χ0) is 25.3. The minimum absolute atomic E-state index is 0.00864. The third-order valence-electron chi connectivity index (χ3n) is 6.54. The fraction of sp³-hybridized carbons (Fsp3) is 0.357. The van der Waals surface area contributed by atoms with Gasteiger partial charge >= 0.3 is 0 Å². The zero-order valence-electron chi connectivity index (χ0n) is 20.5. The lowest BCUT2D eigenvalue weighted by atomic mass is 9.86. The minimum Gasteiger partial charge on any atom is -0.330 e. The summed E-state index contributed by atoms with van der Waals surface area (Å²) in [4.78, 5) is 31.6. The molecule has 0 aliphatic carbocycles. The van der Waals surface area contributed by atoms with Crippen LogP contribution in [0.3, 0.4) is 0 Å². The molecule has 2 heterocycles. The van der Waals surface area contributed by atoms with Crippen LogP contribution in [-0.2, 0) is 16.6 Å². The van der Waals surface area contributed by atoms with Gasteiger partial charge in [-0.2, -0.15) is 0 Å². The number of nitrogens with zero attached hydrogens (tertiary/aromatic N) is 2. The van der Waals surface area contributed by atoms with Gasteiger partial charge in [-0.25, -0.2) is 0 Å². The summed E-state index contributed by atoms with van der Waals surface area (Å²) in [5.74, 6) is -0.241. The van der Waals surface area contributed by atoms with Gasteiger partial charge in [-0.3, -0.25) is 9.59 Å². The highest BCUT2D eigenvalue weighted by molar-refractivity contribution is 7.10. The van der Waals surface area contributed by atoms with E-state index in [4.69, 9.17) is 23.2 Å². The molecule has 0 bridgehead atoms. The molecule has 1 unspecified atom stereocenters. The Morgan fingerprint density at radius 3 is 2.40 bits per heavy atom. The number of hydrogen-bond donors (Lipinski definition) is 0. The van der Waals surface area contributed by atoms with Crippen LogP contribution in [0.15, 0.2) is 53.9 Å². The van der Waals surface area contributed by atoms with Crippen LogP contribution in [0.1, 0.15) is 65.7 Å². The van der Waals surface area contributed by atoms with Crippen molar-refractivity contribution in [3.05, 3.63) is 91.1 Å². The van der Waals surface area contributed by atoms with Crippen molar-refractivity contribution in [1.29, 1.82) is 0 Å². The number of carbonyl (C=O) groups is 2. The molecular weight excluding hydrogens is 499 g/mol. The van der Waals surface area contributed by atoms with Gasteiger partial charge in [-0.05, 0) is 71.2 Å². The van der Waals surface area contributed by atoms with Crippen molar-refractivity contribution in [2.75, 3.05) is 19.6 Å². The molecule has 0 saturated carbocycles. The average Bonchev–Trinajstić information content (AvgIpc) is 3.30. The second kappa shape index (κ2) is 10.3. The van der Waals surface area contributed by atoms with Gasteiger partial charge in [0.25, 0.3) is 5.91 Å². The van der Waals surface area contributed by atoms with Crippen LogP contribution in [-0.4, -0.2) is 41.2 Å². The molecule has 2 amide bonds. The number of halogens is 2. The summed E-state index contributed by atoms with van der Waals surface area (Å²) < 4.78 is 0. The summed E-state index contributed by atoms with van der Waals surface area (Å²) in [6.07, 6.45) is 0.786. The Bertz CT molecular complexity index is 1230. The fourth-order valence-electron chi connectivity index (χ4n) is 4.52. The Kier molecular flexibility index (Phi) is 7.60. The van der Waals surface area contributed by atoms with E-state index in [0.717, 1.165) is 23.1 Å². The van der Waals surface area contributed by atoms with E-state index in [1.165, 1.54) is 4.88 Å². The number of carbonyl (C=O) groups excluding carboxylic acids is 2. The van der Waals surface area contributed by atoms with Gasteiger partial charge in [-0.15, -0.1) is 11.3 Å². The van der Waals surface area contributed by atoms with E-state index < -0.39 is 0 Å². The van der Waals surface area contributed by atoms with Gasteiger partial charge in [0.15, 0.2) is 0 Å². The molecule has 1 atom stereocenters. The van der Waals surface area contributed by atoms with Crippen LogP contribution in [0.25, 0.3) is 0 Å². The van der Waals surface area contributed by atoms with E-state index in [9.17, 15) is 9.59 Å². The van der Waals surface area contributed by atoms with Crippen molar-refractivity contribution >= 4 is 46.4 Å². The molecule has 1 aliphatic heterocycles. The molecule has 1 aromatic heterocycles. The first-order valence-corrected chi connectivity index (χ1v) is 13.4. The highest BCUT2D eigenvalue weighted by Crippen LogP contribution is 2.41. The van der Waals surface area contributed by atoms with Gasteiger partial charge in [0, 0.05) is 33.6 Å². The maximum atomic E-state index is 13.6. The Morgan fingerprint density at radius 2 is 1.77 bits per heavy atom. The highest BCUT2D eigenvalue weighted by Gasteiger charge is 2.35. The van der Waals surface area contributed by atoms with E-state index in [0.29, 0.717) is 28.7 Å². The van der Waals surface area contributed by atoms with E-state index in [-0.39, 0.29) is 29.8 Å². The number of thiophene rings is 1. The molecule has 0 saturated heterocycles. The number of fused-ring (bicyclic) bond motifs is 1. The molecule has 4 rings (SSSR count). The quantitative estimate of drug-likeness (QED) is 0.358. The molecule has 0 radical (unpaired) electrons. The predicted molar refractivity (Wildman–Crippen MR) is 145 cm³/mol. The van der Waals surface area contributed by atoms with Crippen molar-refractivity contribution in [1.82, 2.24) is 9.80 Å². The van der Waals surface area contributed by atoms with Crippen LogP contribution in [0.2, 0.25) is 10.0 Å². The van der Waals surface area contributed by atoms with Gasteiger partial charge in [-0.1, -0.05) is 62.2 Å². The average molecular weight is 530 g/mol. The summed E-state index contributed by atoms with van der Waals surface area (Å²) in [5, 5.41) is 3.14. The van der Waals surface area contributed by atoms with Crippen molar-refractivity contribution in [3.8, 4) is 0 Å². The van der Waals surface area contributed by atoms with Crippen LogP contribution in [0, 0.1) is 0 Å². The lowest BCUT2D eigenvalue weighted by Crippen LogP contribution is -2.46. The molecule has 0 spiro atoms. The predicted octanol–water partition coefficient (Wildman–Crippen LogP) is 6.99. The molecule has 3 aromatic rings. The molecule has 1 aliphatic rings. The first-order valence-electron chi connectivity index (χ1n) is 11.8. The zero-order valence-corrected chi connectivity index (χ0v) is 22.8. The topological polar surface area (TPSA) is 40.6 Å². The standard InChI is InChI=1S/C28H30Cl2N2O2S/c1-5-31(27(34)18-6-8-19(9-7-18)28(2,3)4)17-25(33)32-14-12-24-22(13-15-35-24)26(32)21-11-10-20(29)16-23(21)30/h6-11,13,15-16,26H,5,12,14,17H2,1-4H3. The summed E-state index contributed by atoms with van der Waals surface area (Å²) in [6, 6.07) is 14.8. The third kappa shape index (κ3) is 5.42.